The second-order valence-corrected chi connectivity index (χ2v) is 19.8. The molecule has 0 aliphatic carbocycles. The molecular formula is C70H44N6. The van der Waals surface area contributed by atoms with Crippen LogP contribution in [0, 0.1) is 0 Å². The van der Waals surface area contributed by atoms with E-state index < -0.39 is 0 Å². The standard InChI is InChI=1S/C70H44N6/c1-4-18-45(19-5-1)60-44-69(75-63-30-16-12-26-54(63)58-42-48(34-38-67(58)75)46-32-36-65-56(40-46)52-24-10-14-28-61(52)73(65)50-20-6-2-7-21-50)72-70(71-60)76-64-31-17-13-27-55(64)59-43-49(35-39-68(59)76)47-33-37-66-57(41-47)53-25-11-15-29-62(53)74(66)51-22-8-3-9-23-51/h1-44H. The second kappa shape index (κ2) is 16.6. The zero-order chi connectivity index (χ0) is 49.8. The summed E-state index contributed by atoms with van der Waals surface area (Å²) in [7, 11) is 0. The van der Waals surface area contributed by atoms with E-state index in [0.29, 0.717) is 5.95 Å². The largest absolute Gasteiger partial charge is 0.309 e. The highest BCUT2D eigenvalue weighted by atomic mass is 15.2. The minimum absolute atomic E-state index is 0.607. The summed E-state index contributed by atoms with van der Waals surface area (Å²) in [4.78, 5) is 11.0. The monoisotopic (exact) mass is 968 g/mol. The molecule has 16 rings (SSSR count). The van der Waals surface area contributed by atoms with Crippen LogP contribution in [0.4, 0.5) is 0 Å². The molecule has 11 aromatic carbocycles. The molecule has 0 radical (unpaired) electrons. The van der Waals surface area contributed by atoms with E-state index in [-0.39, 0.29) is 0 Å². The van der Waals surface area contributed by atoms with Crippen molar-refractivity contribution in [2.75, 3.05) is 0 Å². The Morgan fingerprint density at radius 2 is 0.526 bits per heavy atom. The molecule has 5 heterocycles. The first-order valence-corrected chi connectivity index (χ1v) is 25.9. The first kappa shape index (κ1) is 42.2. The molecule has 0 fully saturated rings. The Morgan fingerprint density at radius 3 is 0.947 bits per heavy atom. The predicted octanol–water partition coefficient (Wildman–Crippen LogP) is 17.9. The molecule has 16 aromatic rings. The minimum atomic E-state index is 0.607. The van der Waals surface area contributed by atoms with Crippen LogP contribution in [0.2, 0.25) is 0 Å². The molecule has 0 saturated carbocycles. The van der Waals surface area contributed by atoms with Crippen LogP contribution in [0.3, 0.4) is 0 Å². The number of hydrogen-bond acceptors (Lipinski definition) is 2. The van der Waals surface area contributed by atoms with Gasteiger partial charge in [-0.05, 0) is 119 Å². The van der Waals surface area contributed by atoms with Crippen molar-refractivity contribution in [3.8, 4) is 56.7 Å². The average molecular weight is 969 g/mol. The first-order chi connectivity index (χ1) is 37.7. The lowest BCUT2D eigenvalue weighted by Crippen LogP contribution is -2.07. The second-order valence-electron chi connectivity index (χ2n) is 19.8. The van der Waals surface area contributed by atoms with E-state index >= 15 is 0 Å². The minimum Gasteiger partial charge on any atom is -0.309 e. The van der Waals surface area contributed by atoms with Gasteiger partial charge in [0.05, 0.1) is 49.8 Å². The summed E-state index contributed by atoms with van der Waals surface area (Å²) in [5.74, 6) is 1.40. The highest BCUT2D eigenvalue weighted by Gasteiger charge is 2.22. The SMILES string of the molecule is c1ccc(-c2cc(-n3c4ccccc4c4cc(-c5ccc6c(c5)c5ccccc5n6-c5ccccc5)ccc43)nc(-n3c4ccccc4c4cc(-c5ccc6c(c5)c5ccccc5n6-c5ccccc5)ccc43)n2)cc1. The summed E-state index contributed by atoms with van der Waals surface area (Å²) in [5, 5.41) is 9.53. The Morgan fingerprint density at radius 1 is 0.211 bits per heavy atom. The maximum atomic E-state index is 5.60. The van der Waals surface area contributed by atoms with Crippen molar-refractivity contribution >= 4 is 87.2 Å². The van der Waals surface area contributed by atoms with Crippen LogP contribution in [0.15, 0.2) is 267 Å². The Hall–Kier alpha value is -10.3. The van der Waals surface area contributed by atoms with E-state index in [1.807, 2.05) is 0 Å². The fraction of sp³-hybridized carbons (Fsp3) is 0. The third kappa shape index (κ3) is 6.41. The van der Waals surface area contributed by atoms with Gasteiger partial charge in [-0.3, -0.25) is 9.13 Å². The van der Waals surface area contributed by atoms with Crippen molar-refractivity contribution in [3.63, 3.8) is 0 Å². The summed E-state index contributed by atoms with van der Waals surface area (Å²) in [5.41, 5.74) is 17.8. The van der Waals surface area contributed by atoms with Crippen LogP contribution in [0.1, 0.15) is 0 Å². The molecule has 6 nitrogen and oxygen atoms in total. The van der Waals surface area contributed by atoms with Gasteiger partial charge in [0, 0.05) is 66.1 Å². The average Bonchev–Trinajstić information content (AvgIpc) is 4.23. The first-order valence-electron chi connectivity index (χ1n) is 25.9. The zero-order valence-corrected chi connectivity index (χ0v) is 41.1. The maximum absolute atomic E-state index is 5.60. The zero-order valence-electron chi connectivity index (χ0n) is 41.1. The van der Waals surface area contributed by atoms with Gasteiger partial charge >= 0.3 is 0 Å². The van der Waals surface area contributed by atoms with Gasteiger partial charge in [0.15, 0.2) is 0 Å². The van der Waals surface area contributed by atoms with Gasteiger partial charge < -0.3 is 9.13 Å². The van der Waals surface area contributed by atoms with Crippen molar-refractivity contribution < 1.29 is 0 Å². The molecule has 0 N–H and O–H groups in total. The number of aromatic nitrogens is 6. The van der Waals surface area contributed by atoms with E-state index in [2.05, 4.69) is 285 Å². The Labute approximate surface area is 436 Å². The molecule has 0 unspecified atom stereocenters. The number of para-hydroxylation sites is 6. The van der Waals surface area contributed by atoms with E-state index in [0.717, 1.165) is 88.8 Å². The molecule has 0 spiro atoms. The van der Waals surface area contributed by atoms with E-state index in [1.54, 1.807) is 0 Å². The molecule has 0 atom stereocenters. The summed E-state index contributed by atoms with van der Waals surface area (Å²) in [6, 6.07) is 96.2. The summed E-state index contributed by atoms with van der Waals surface area (Å²) < 4.78 is 9.31. The van der Waals surface area contributed by atoms with E-state index in [9.17, 15) is 0 Å². The number of hydrogen-bond donors (Lipinski definition) is 0. The van der Waals surface area contributed by atoms with E-state index in [1.165, 1.54) is 49.2 Å². The molecule has 0 bridgehead atoms. The maximum Gasteiger partial charge on any atom is 0.237 e. The number of nitrogens with zero attached hydrogens (tertiary/aromatic N) is 6. The molecule has 5 aromatic heterocycles. The van der Waals surface area contributed by atoms with Crippen LogP contribution < -0.4 is 0 Å². The Balaban J connectivity index is 0.859. The van der Waals surface area contributed by atoms with Crippen molar-refractivity contribution in [1.82, 2.24) is 28.2 Å². The van der Waals surface area contributed by atoms with Gasteiger partial charge in [-0.25, -0.2) is 4.98 Å². The lowest BCUT2D eigenvalue weighted by atomic mass is 10.0. The van der Waals surface area contributed by atoms with Crippen LogP contribution >= 0.6 is 0 Å². The van der Waals surface area contributed by atoms with Crippen LogP contribution in [-0.4, -0.2) is 28.2 Å². The van der Waals surface area contributed by atoms with Crippen molar-refractivity contribution in [2.24, 2.45) is 0 Å². The van der Waals surface area contributed by atoms with Gasteiger partial charge in [0.25, 0.3) is 0 Å². The van der Waals surface area contributed by atoms with Crippen molar-refractivity contribution in [1.29, 1.82) is 0 Å². The number of rotatable bonds is 7. The lowest BCUT2D eigenvalue weighted by molar-refractivity contribution is 0.952. The molecule has 76 heavy (non-hydrogen) atoms. The third-order valence-electron chi connectivity index (χ3n) is 15.6. The smallest absolute Gasteiger partial charge is 0.237 e. The van der Waals surface area contributed by atoms with E-state index in [4.69, 9.17) is 9.97 Å². The van der Waals surface area contributed by atoms with Crippen LogP contribution in [-0.2, 0) is 0 Å². The lowest BCUT2D eigenvalue weighted by Gasteiger charge is -2.14. The van der Waals surface area contributed by atoms with Gasteiger partial charge in [0.2, 0.25) is 5.95 Å². The molecule has 0 saturated heterocycles. The van der Waals surface area contributed by atoms with Crippen molar-refractivity contribution in [3.05, 3.63) is 267 Å². The molecule has 0 aliphatic heterocycles. The molecule has 0 amide bonds. The fourth-order valence-corrected chi connectivity index (χ4v) is 12.2. The molecular weight excluding hydrogens is 925 g/mol. The quantitative estimate of drug-likeness (QED) is 0.160. The Bertz CT molecular complexity index is 4690. The Kier molecular flexibility index (Phi) is 9.23. The van der Waals surface area contributed by atoms with Crippen LogP contribution in [0.5, 0.6) is 0 Å². The normalized spacial score (nSPS) is 11.9. The predicted molar refractivity (Wildman–Crippen MR) is 316 cm³/mol. The third-order valence-corrected chi connectivity index (χ3v) is 15.6. The summed E-state index contributed by atoms with van der Waals surface area (Å²) in [6.07, 6.45) is 0. The highest BCUT2D eigenvalue weighted by Crippen LogP contribution is 2.41. The number of fused-ring (bicyclic) bond motifs is 12. The number of benzene rings is 11. The summed E-state index contributed by atoms with van der Waals surface area (Å²) in [6.45, 7) is 0. The molecule has 6 heteroatoms. The van der Waals surface area contributed by atoms with Gasteiger partial charge in [0.1, 0.15) is 5.82 Å². The van der Waals surface area contributed by atoms with Gasteiger partial charge in [-0.1, -0.05) is 164 Å². The van der Waals surface area contributed by atoms with Gasteiger partial charge in [-0.2, -0.15) is 4.98 Å². The highest BCUT2D eigenvalue weighted by molar-refractivity contribution is 6.15. The summed E-state index contributed by atoms with van der Waals surface area (Å²) >= 11 is 0. The van der Waals surface area contributed by atoms with Gasteiger partial charge in [-0.15, -0.1) is 0 Å². The molecule has 0 aliphatic rings. The molecule has 354 valence electrons. The van der Waals surface area contributed by atoms with Crippen LogP contribution in [0.25, 0.3) is 144 Å². The topological polar surface area (TPSA) is 45.5 Å². The fourth-order valence-electron chi connectivity index (χ4n) is 12.2. The van der Waals surface area contributed by atoms with Crippen molar-refractivity contribution in [2.45, 2.75) is 0 Å².